The second kappa shape index (κ2) is 2.97. The number of amides is 1. The van der Waals surface area contributed by atoms with Crippen molar-refractivity contribution in [3.63, 3.8) is 0 Å². The van der Waals surface area contributed by atoms with Crippen molar-refractivity contribution < 1.29 is 14.3 Å². The van der Waals surface area contributed by atoms with Crippen LogP contribution in [0.15, 0.2) is 12.1 Å². The van der Waals surface area contributed by atoms with Crippen molar-refractivity contribution in [3.05, 3.63) is 23.5 Å². The molecule has 14 heavy (non-hydrogen) atoms. The molecule has 3 nitrogen and oxygen atoms in total. The molecule has 1 aliphatic rings. The molecule has 0 unspecified atom stereocenters. The fraction of sp³-hybridized carbons (Fsp3) is 0.300. The summed E-state index contributed by atoms with van der Waals surface area (Å²) < 4.78 is 13.4. The van der Waals surface area contributed by atoms with Crippen molar-refractivity contribution in [1.29, 1.82) is 0 Å². The number of phenolic OH excluding ortho intramolecular Hbond substituents is 1. The second-order valence-corrected chi connectivity index (χ2v) is 3.39. The minimum Gasteiger partial charge on any atom is -0.508 e. The van der Waals surface area contributed by atoms with Crippen LogP contribution >= 0.6 is 0 Å². The van der Waals surface area contributed by atoms with E-state index in [0.29, 0.717) is 24.1 Å². The highest BCUT2D eigenvalue weighted by Gasteiger charge is 2.24. The first kappa shape index (κ1) is 8.99. The third kappa shape index (κ3) is 1.23. The molecule has 1 heterocycles. The number of phenols is 1. The first-order chi connectivity index (χ1) is 6.59. The summed E-state index contributed by atoms with van der Waals surface area (Å²) in [6, 6.07) is 2.52. The topological polar surface area (TPSA) is 40.5 Å². The molecule has 4 heteroatoms. The van der Waals surface area contributed by atoms with Gasteiger partial charge in [-0.2, -0.15) is 0 Å². The Balaban J connectivity index is 2.60. The highest BCUT2D eigenvalue weighted by Crippen LogP contribution is 2.32. The minimum atomic E-state index is -0.546. The molecule has 0 spiro atoms. The van der Waals surface area contributed by atoms with E-state index < -0.39 is 5.82 Å². The molecule has 0 saturated carbocycles. The van der Waals surface area contributed by atoms with E-state index in [4.69, 9.17) is 0 Å². The van der Waals surface area contributed by atoms with Gasteiger partial charge in [0.05, 0.1) is 5.69 Å². The van der Waals surface area contributed by atoms with Crippen LogP contribution in [0.2, 0.25) is 0 Å². The van der Waals surface area contributed by atoms with E-state index in [9.17, 15) is 14.3 Å². The van der Waals surface area contributed by atoms with Crippen molar-refractivity contribution in [3.8, 4) is 5.75 Å². The molecule has 1 aliphatic heterocycles. The van der Waals surface area contributed by atoms with Gasteiger partial charge in [-0.15, -0.1) is 0 Å². The maximum absolute atomic E-state index is 13.4. The number of fused-ring (bicyclic) bond motifs is 1. The molecule has 1 aromatic rings. The van der Waals surface area contributed by atoms with E-state index in [2.05, 4.69) is 0 Å². The standard InChI is InChI=1S/C10H10FNO2/c1-12-9(14)3-2-6-4-7(13)5-8(11)10(6)12/h4-5,13H,2-3H2,1H3. The van der Waals surface area contributed by atoms with Crippen molar-refractivity contribution in [1.82, 2.24) is 0 Å². The number of carbonyl (C=O) groups excluding carboxylic acids is 1. The lowest BCUT2D eigenvalue weighted by molar-refractivity contribution is -0.118. The molecule has 1 aromatic carbocycles. The maximum Gasteiger partial charge on any atom is 0.227 e. The lowest BCUT2D eigenvalue weighted by Gasteiger charge is -2.26. The Kier molecular flexibility index (Phi) is 1.91. The predicted octanol–water partition coefficient (Wildman–Crippen LogP) is 1.44. The van der Waals surface area contributed by atoms with Gasteiger partial charge in [-0.1, -0.05) is 0 Å². The van der Waals surface area contributed by atoms with Crippen LogP contribution in [0.25, 0.3) is 0 Å². The molecular formula is C10H10FNO2. The summed E-state index contributed by atoms with van der Waals surface area (Å²) >= 11 is 0. The smallest absolute Gasteiger partial charge is 0.227 e. The van der Waals surface area contributed by atoms with Gasteiger partial charge >= 0.3 is 0 Å². The van der Waals surface area contributed by atoms with E-state index >= 15 is 0 Å². The molecular weight excluding hydrogens is 185 g/mol. The maximum atomic E-state index is 13.4. The van der Waals surface area contributed by atoms with Crippen LogP contribution in [0.3, 0.4) is 0 Å². The quantitative estimate of drug-likeness (QED) is 0.680. The fourth-order valence-electron chi connectivity index (χ4n) is 1.74. The van der Waals surface area contributed by atoms with Gasteiger partial charge in [-0.3, -0.25) is 4.79 Å². The summed E-state index contributed by atoms with van der Waals surface area (Å²) in [6.07, 6.45) is 0.857. The molecule has 0 aliphatic carbocycles. The second-order valence-electron chi connectivity index (χ2n) is 3.39. The number of hydrogen-bond acceptors (Lipinski definition) is 2. The van der Waals surface area contributed by atoms with Crippen molar-refractivity contribution in [2.24, 2.45) is 0 Å². The number of anilines is 1. The third-order valence-electron chi connectivity index (χ3n) is 2.44. The van der Waals surface area contributed by atoms with E-state index in [1.165, 1.54) is 11.0 Å². The van der Waals surface area contributed by atoms with Gasteiger partial charge in [0.2, 0.25) is 5.91 Å². The van der Waals surface area contributed by atoms with Gasteiger partial charge in [0.1, 0.15) is 5.75 Å². The number of carbonyl (C=O) groups is 1. The van der Waals surface area contributed by atoms with Crippen LogP contribution in [0.4, 0.5) is 10.1 Å². The molecule has 0 atom stereocenters. The Morgan fingerprint density at radius 2 is 2.14 bits per heavy atom. The van der Waals surface area contributed by atoms with Crippen LogP contribution in [-0.2, 0) is 11.2 Å². The third-order valence-corrected chi connectivity index (χ3v) is 2.44. The highest BCUT2D eigenvalue weighted by atomic mass is 19.1. The number of nitrogens with zero attached hydrogens (tertiary/aromatic N) is 1. The zero-order valence-electron chi connectivity index (χ0n) is 7.75. The Labute approximate surface area is 80.8 Å². The van der Waals surface area contributed by atoms with Crippen LogP contribution in [0, 0.1) is 5.82 Å². The zero-order valence-corrected chi connectivity index (χ0v) is 7.75. The van der Waals surface area contributed by atoms with Gasteiger partial charge in [-0.05, 0) is 18.1 Å². The normalized spacial score (nSPS) is 15.6. The van der Waals surface area contributed by atoms with E-state index in [1.54, 1.807) is 7.05 Å². The lowest BCUT2D eigenvalue weighted by Crippen LogP contribution is -2.31. The molecule has 1 N–H and O–H groups in total. The fourth-order valence-corrected chi connectivity index (χ4v) is 1.74. The number of rotatable bonds is 0. The monoisotopic (exact) mass is 195 g/mol. The summed E-state index contributed by atoms with van der Waals surface area (Å²) in [6.45, 7) is 0. The molecule has 74 valence electrons. The van der Waals surface area contributed by atoms with Gasteiger partial charge in [0.15, 0.2) is 5.82 Å². The van der Waals surface area contributed by atoms with Gasteiger partial charge in [0, 0.05) is 19.5 Å². The highest BCUT2D eigenvalue weighted by molar-refractivity contribution is 5.96. The van der Waals surface area contributed by atoms with Crippen LogP contribution in [0.5, 0.6) is 5.75 Å². The van der Waals surface area contributed by atoms with E-state index in [-0.39, 0.29) is 11.7 Å². The SMILES string of the molecule is CN1C(=O)CCc2cc(O)cc(F)c21. The average molecular weight is 195 g/mol. The summed E-state index contributed by atoms with van der Waals surface area (Å²) in [5, 5.41) is 9.18. The molecule has 0 fully saturated rings. The average Bonchev–Trinajstić information content (AvgIpc) is 2.10. The Hall–Kier alpha value is -1.58. The van der Waals surface area contributed by atoms with Gasteiger partial charge < -0.3 is 10.0 Å². The predicted molar refractivity (Wildman–Crippen MR) is 49.8 cm³/mol. The Bertz CT molecular complexity index is 403. The number of aryl methyl sites for hydroxylation is 1. The summed E-state index contributed by atoms with van der Waals surface area (Å²) in [7, 11) is 1.54. The van der Waals surface area contributed by atoms with Crippen molar-refractivity contribution in [2.75, 3.05) is 11.9 Å². The molecule has 2 rings (SSSR count). The number of aromatic hydroxyl groups is 1. The number of benzene rings is 1. The first-order valence-electron chi connectivity index (χ1n) is 4.37. The first-order valence-corrected chi connectivity index (χ1v) is 4.37. The van der Waals surface area contributed by atoms with Gasteiger partial charge in [-0.25, -0.2) is 4.39 Å². The summed E-state index contributed by atoms with van der Waals surface area (Å²) in [4.78, 5) is 12.6. The van der Waals surface area contributed by atoms with Gasteiger partial charge in [0.25, 0.3) is 0 Å². The molecule has 0 saturated heterocycles. The lowest BCUT2D eigenvalue weighted by atomic mass is 10.0. The zero-order chi connectivity index (χ0) is 10.3. The molecule has 0 aromatic heterocycles. The number of hydrogen-bond donors (Lipinski definition) is 1. The van der Waals surface area contributed by atoms with Crippen molar-refractivity contribution in [2.45, 2.75) is 12.8 Å². The van der Waals surface area contributed by atoms with Crippen molar-refractivity contribution >= 4 is 11.6 Å². The Morgan fingerprint density at radius 1 is 1.43 bits per heavy atom. The number of halogens is 1. The van der Waals surface area contributed by atoms with Crippen LogP contribution in [-0.4, -0.2) is 18.1 Å². The Morgan fingerprint density at radius 3 is 2.86 bits per heavy atom. The summed E-state index contributed by atoms with van der Waals surface area (Å²) in [5.41, 5.74) is 0.976. The molecule has 0 bridgehead atoms. The van der Waals surface area contributed by atoms with E-state index in [0.717, 1.165) is 6.07 Å². The minimum absolute atomic E-state index is 0.0935. The van der Waals surface area contributed by atoms with Crippen LogP contribution in [0.1, 0.15) is 12.0 Å². The molecule has 0 radical (unpaired) electrons. The van der Waals surface area contributed by atoms with E-state index in [1.807, 2.05) is 0 Å². The largest absolute Gasteiger partial charge is 0.508 e. The molecule has 1 amide bonds. The van der Waals surface area contributed by atoms with Crippen LogP contribution < -0.4 is 4.90 Å². The summed E-state index contributed by atoms with van der Waals surface area (Å²) in [5.74, 6) is -0.735.